The zero-order valence-electron chi connectivity index (χ0n) is 6.30. The van der Waals surface area contributed by atoms with Gasteiger partial charge in [0.05, 0.1) is 0 Å². The highest BCUT2D eigenvalue weighted by atomic mass is 79.9. The van der Waals surface area contributed by atoms with E-state index in [0.717, 1.165) is 14.5 Å². The fraction of sp³-hybridized carbons (Fsp3) is 0.125. The predicted molar refractivity (Wildman–Crippen MR) is 57.7 cm³/mol. The molecule has 0 amide bonds. The largest absolute Gasteiger partial charge is 0.327 e. The van der Waals surface area contributed by atoms with Crippen molar-refractivity contribution in [1.29, 1.82) is 0 Å². The van der Waals surface area contributed by atoms with E-state index in [2.05, 4.69) is 36.8 Å². The van der Waals surface area contributed by atoms with E-state index in [9.17, 15) is 0 Å². The van der Waals surface area contributed by atoms with Crippen molar-refractivity contribution in [3.05, 3.63) is 33.0 Å². The lowest BCUT2D eigenvalue weighted by molar-refractivity contribution is 1.25. The summed E-state index contributed by atoms with van der Waals surface area (Å²) < 4.78 is 1.92. The zero-order valence-corrected chi connectivity index (χ0v) is 9.47. The maximum atomic E-state index is 5.34. The molecule has 0 aliphatic rings. The van der Waals surface area contributed by atoms with Crippen LogP contribution in [-0.4, -0.2) is 11.5 Å². The highest BCUT2D eigenvalue weighted by Gasteiger charge is 1.99. The third-order valence-electron chi connectivity index (χ3n) is 1.31. The van der Waals surface area contributed by atoms with Crippen molar-refractivity contribution in [3.63, 3.8) is 0 Å². The van der Waals surface area contributed by atoms with Crippen LogP contribution in [0, 0.1) is 0 Å². The van der Waals surface area contributed by atoms with Crippen molar-refractivity contribution in [2.24, 2.45) is 5.73 Å². The second-order valence-electron chi connectivity index (χ2n) is 2.15. The molecule has 0 fully saturated rings. The fourth-order valence-corrected chi connectivity index (χ4v) is 1.96. The SMILES string of the molecule is NCC=Cc1c(Br)cncc1Br. The van der Waals surface area contributed by atoms with Crippen LogP contribution in [0.5, 0.6) is 0 Å². The van der Waals surface area contributed by atoms with Crippen molar-refractivity contribution < 1.29 is 0 Å². The van der Waals surface area contributed by atoms with Crippen LogP contribution >= 0.6 is 31.9 Å². The molecule has 4 heteroatoms. The van der Waals surface area contributed by atoms with E-state index in [1.807, 2.05) is 12.2 Å². The highest BCUT2D eigenvalue weighted by Crippen LogP contribution is 2.24. The topological polar surface area (TPSA) is 38.9 Å². The van der Waals surface area contributed by atoms with E-state index in [-0.39, 0.29) is 0 Å². The van der Waals surface area contributed by atoms with Gasteiger partial charge in [-0.1, -0.05) is 12.2 Å². The normalized spacial score (nSPS) is 10.9. The monoisotopic (exact) mass is 290 g/mol. The third kappa shape index (κ3) is 2.40. The summed E-state index contributed by atoms with van der Waals surface area (Å²) in [7, 11) is 0. The van der Waals surface area contributed by atoms with Gasteiger partial charge < -0.3 is 5.73 Å². The second-order valence-corrected chi connectivity index (χ2v) is 3.86. The lowest BCUT2D eigenvalue weighted by atomic mass is 10.2. The molecule has 1 rings (SSSR count). The van der Waals surface area contributed by atoms with Gasteiger partial charge in [0.15, 0.2) is 0 Å². The lowest BCUT2D eigenvalue weighted by Gasteiger charge is -1.99. The Kier molecular flexibility index (Phi) is 3.91. The van der Waals surface area contributed by atoms with Crippen molar-refractivity contribution in [3.8, 4) is 0 Å². The molecule has 64 valence electrons. The number of halogens is 2. The van der Waals surface area contributed by atoms with E-state index in [0.29, 0.717) is 6.54 Å². The van der Waals surface area contributed by atoms with E-state index in [1.54, 1.807) is 12.4 Å². The first-order valence-electron chi connectivity index (χ1n) is 3.41. The maximum Gasteiger partial charge on any atom is 0.0442 e. The molecule has 12 heavy (non-hydrogen) atoms. The average molecular weight is 292 g/mol. The van der Waals surface area contributed by atoms with Gasteiger partial charge in [-0.05, 0) is 31.9 Å². The summed E-state index contributed by atoms with van der Waals surface area (Å²) in [4.78, 5) is 3.99. The van der Waals surface area contributed by atoms with Crippen LogP contribution in [0.25, 0.3) is 6.08 Å². The van der Waals surface area contributed by atoms with E-state index >= 15 is 0 Å². The van der Waals surface area contributed by atoms with Gasteiger partial charge in [0.25, 0.3) is 0 Å². The van der Waals surface area contributed by atoms with Gasteiger partial charge >= 0.3 is 0 Å². The molecule has 0 unspecified atom stereocenters. The Bertz CT molecular complexity index is 277. The first-order valence-corrected chi connectivity index (χ1v) is 5.00. The molecule has 0 aliphatic carbocycles. The van der Waals surface area contributed by atoms with Crippen LogP contribution in [0.2, 0.25) is 0 Å². The molecule has 0 aromatic carbocycles. The average Bonchev–Trinajstić information content (AvgIpc) is 2.04. The van der Waals surface area contributed by atoms with Crippen LogP contribution in [0.1, 0.15) is 5.56 Å². The summed E-state index contributed by atoms with van der Waals surface area (Å²) in [6.45, 7) is 0.543. The Morgan fingerprint density at radius 1 is 1.33 bits per heavy atom. The lowest BCUT2D eigenvalue weighted by Crippen LogP contribution is -1.92. The molecular weight excluding hydrogens is 284 g/mol. The van der Waals surface area contributed by atoms with Gasteiger partial charge in [-0.3, -0.25) is 4.98 Å². The molecule has 2 nitrogen and oxygen atoms in total. The maximum absolute atomic E-state index is 5.34. The molecule has 1 aromatic rings. The number of nitrogens with two attached hydrogens (primary N) is 1. The van der Waals surface area contributed by atoms with Gasteiger partial charge in [-0.2, -0.15) is 0 Å². The van der Waals surface area contributed by atoms with E-state index in [4.69, 9.17) is 5.73 Å². The Labute approximate surface area is 88.1 Å². The molecule has 0 atom stereocenters. The number of hydrogen-bond donors (Lipinski definition) is 1. The number of rotatable bonds is 2. The third-order valence-corrected chi connectivity index (χ3v) is 2.57. The first-order chi connectivity index (χ1) is 5.75. The molecule has 1 aromatic heterocycles. The van der Waals surface area contributed by atoms with Crippen LogP contribution < -0.4 is 5.73 Å². The molecule has 2 N–H and O–H groups in total. The molecular formula is C8H8Br2N2. The summed E-state index contributed by atoms with van der Waals surface area (Å²) >= 11 is 6.79. The van der Waals surface area contributed by atoms with Gasteiger partial charge in [-0.15, -0.1) is 0 Å². The van der Waals surface area contributed by atoms with E-state index < -0.39 is 0 Å². The second kappa shape index (κ2) is 4.74. The van der Waals surface area contributed by atoms with Crippen molar-refractivity contribution in [1.82, 2.24) is 4.98 Å². The molecule has 0 saturated heterocycles. The molecule has 0 bridgehead atoms. The van der Waals surface area contributed by atoms with Gasteiger partial charge in [0, 0.05) is 33.4 Å². The number of nitrogens with zero attached hydrogens (tertiary/aromatic N) is 1. The minimum Gasteiger partial charge on any atom is -0.327 e. The van der Waals surface area contributed by atoms with E-state index in [1.165, 1.54) is 0 Å². The minimum atomic E-state index is 0.543. The van der Waals surface area contributed by atoms with Crippen molar-refractivity contribution >= 4 is 37.9 Å². The smallest absolute Gasteiger partial charge is 0.0442 e. The van der Waals surface area contributed by atoms with Crippen LogP contribution in [0.15, 0.2) is 27.4 Å². The predicted octanol–water partition coefficient (Wildman–Crippen LogP) is 2.58. The Hall–Kier alpha value is -0.190. The van der Waals surface area contributed by atoms with Gasteiger partial charge in [0.1, 0.15) is 0 Å². The van der Waals surface area contributed by atoms with Crippen LogP contribution in [0.3, 0.4) is 0 Å². The molecule has 0 aliphatic heterocycles. The standard InChI is InChI=1S/C8H8Br2N2/c9-7-4-12-5-8(10)6(7)2-1-3-11/h1-2,4-5H,3,11H2. The summed E-state index contributed by atoms with van der Waals surface area (Å²) in [5, 5.41) is 0. The number of aromatic nitrogens is 1. The summed E-state index contributed by atoms with van der Waals surface area (Å²) in [5.41, 5.74) is 6.41. The fourth-order valence-electron chi connectivity index (χ4n) is 0.766. The summed E-state index contributed by atoms with van der Waals surface area (Å²) in [6.07, 6.45) is 7.35. The Balaban J connectivity index is 3.04. The molecule has 0 saturated carbocycles. The van der Waals surface area contributed by atoms with Gasteiger partial charge in [0.2, 0.25) is 0 Å². The Morgan fingerprint density at radius 3 is 2.42 bits per heavy atom. The summed E-state index contributed by atoms with van der Waals surface area (Å²) in [5.74, 6) is 0. The molecule has 1 heterocycles. The Morgan fingerprint density at radius 2 is 1.92 bits per heavy atom. The van der Waals surface area contributed by atoms with Crippen molar-refractivity contribution in [2.75, 3.05) is 6.54 Å². The quantitative estimate of drug-likeness (QED) is 0.910. The molecule has 0 radical (unpaired) electrons. The van der Waals surface area contributed by atoms with Crippen LogP contribution in [-0.2, 0) is 0 Å². The van der Waals surface area contributed by atoms with Crippen LogP contribution in [0.4, 0.5) is 0 Å². The summed E-state index contributed by atoms with van der Waals surface area (Å²) in [6, 6.07) is 0. The molecule has 0 spiro atoms. The minimum absolute atomic E-state index is 0.543. The first kappa shape index (κ1) is 9.89. The zero-order chi connectivity index (χ0) is 8.97. The number of pyridine rings is 1. The number of hydrogen-bond acceptors (Lipinski definition) is 2. The van der Waals surface area contributed by atoms with Gasteiger partial charge in [-0.25, -0.2) is 0 Å². The highest BCUT2D eigenvalue weighted by molar-refractivity contribution is 9.11. The van der Waals surface area contributed by atoms with Crippen molar-refractivity contribution in [2.45, 2.75) is 0 Å².